The molecule has 0 saturated carbocycles. The van der Waals surface area contributed by atoms with Crippen molar-refractivity contribution in [2.45, 2.75) is 47.1 Å². The van der Waals surface area contributed by atoms with Gasteiger partial charge in [-0.25, -0.2) is 4.98 Å². The highest BCUT2D eigenvalue weighted by molar-refractivity contribution is 14.0. The standard InChI is InChI=1S/C15H29N5.HI/c1-5-16-15(19-12-13(2)3)18-8-6-7-10-20-11-9-17-14(20)4;/h9,11,13H,5-8,10,12H2,1-4H3,(H2,16,18,19);1H. The minimum absolute atomic E-state index is 0. The molecule has 0 unspecified atom stereocenters. The number of unbranched alkanes of at least 4 members (excludes halogenated alkanes) is 1. The average molecular weight is 407 g/mol. The van der Waals surface area contributed by atoms with Crippen molar-refractivity contribution >= 4 is 29.9 Å². The first-order valence-corrected chi connectivity index (χ1v) is 7.63. The van der Waals surface area contributed by atoms with Gasteiger partial charge in [-0.1, -0.05) is 13.8 Å². The molecule has 1 aromatic heterocycles. The summed E-state index contributed by atoms with van der Waals surface area (Å²) in [5, 5.41) is 6.66. The third-order valence-corrected chi connectivity index (χ3v) is 3.00. The Bertz CT molecular complexity index is 401. The molecule has 0 aliphatic heterocycles. The van der Waals surface area contributed by atoms with E-state index < -0.39 is 0 Å². The van der Waals surface area contributed by atoms with E-state index in [-0.39, 0.29) is 24.0 Å². The van der Waals surface area contributed by atoms with Gasteiger partial charge < -0.3 is 15.2 Å². The highest BCUT2D eigenvalue weighted by Gasteiger charge is 1.99. The summed E-state index contributed by atoms with van der Waals surface area (Å²) in [4.78, 5) is 8.78. The quantitative estimate of drug-likeness (QED) is 0.302. The second kappa shape index (κ2) is 11.8. The fourth-order valence-electron chi connectivity index (χ4n) is 1.87. The summed E-state index contributed by atoms with van der Waals surface area (Å²) in [6.45, 7) is 12.3. The van der Waals surface area contributed by atoms with Crippen LogP contribution in [0, 0.1) is 12.8 Å². The zero-order valence-corrected chi connectivity index (χ0v) is 16.1. The first kappa shape index (κ1) is 20.2. The van der Waals surface area contributed by atoms with Crippen LogP contribution in [-0.4, -0.2) is 35.1 Å². The van der Waals surface area contributed by atoms with Gasteiger partial charge in [0.15, 0.2) is 5.96 Å². The number of rotatable bonds is 8. The van der Waals surface area contributed by atoms with Crippen LogP contribution in [0.4, 0.5) is 0 Å². The molecule has 0 aliphatic carbocycles. The van der Waals surface area contributed by atoms with Gasteiger partial charge in [-0.2, -0.15) is 0 Å². The molecule has 6 heteroatoms. The number of aryl methyl sites for hydroxylation is 2. The van der Waals surface area contributed by atoms with Crippen molar-refractivity contribution in [1.29, 1.82) is 0 Å². The van der Waals surface area contributed by atoms with Crippen molar-refractivity contribution < 1.29 is 0 Å². The lowest BCUT2D eigenvalue weighted by Crippen LogP contribution is -2.38. The largest absolute Gasteiger partial charge is 0.357 e. The monoisotopic (exact) mass is 407 g/mol. The SMILES string of the molecule is CCNC(=NCC(C)C)NCCCCn1ccnc1C.I. The molecule has 0 radical (unpaired) electrons. The fourth-order valence-corrected chi connectivity index (χ4v) is 1.87. The predicted octanol–water partition coefficient (Wildman–Crippen LogP) is 2.80. The molecule has 1 aromatic rings. The molecule has 0 fully saturated rings. The van der Waals surface area contributed by atoms with Gasteiger partial charge >= 0.3 is 0 Å². The highest BCUT2D eigenvalue weighted by Crippen LogP contribution is 1.99. The van der Waals surface area contributed by atoms with E-state index in [0.717, 1.165) is 50.8 Å². The molecular weight excluding hydrogens is 377 g/mol. The number of aliphatic imine (C=N–C) groups is 1. The van der Waals surface area contributed by atoms with Crippen LogP contribution in [0.15, 0.2) is 17.4 Å². The van der Waals surface area contributed by atoms with Crippen molar-refractivity contribution in [3.8, 4) is 0 Å². The van der Waals surface area contributed by atoms with Crippen molar-refractivity contribution in [3.63, 3.8) is 0 Å². The van der Waals surface area contributed by atoms with Crippen molar-refractivity contribution in [2.24, 2.45) is 10.9 Å². The summed E-state index contributed by atoms with van der Waals surface area (Å²) in [5.41, 5.74) is 0. The Balaban J connectivity index is 0.00000400. The summed E-state index contributed by atoms with van der Waals surface area (Å²) in [6, 6.07) is 0. The number of halogens is 1. The number of aromatic nitrogens is 2. The third-order valence-electron chi connectivity index (χ3n) is 3.00. The molecule has 21 heavy (non-hydrogen) atoms. The van der Waals surface area contributed by atoms with Crippen LogP contribution >= 0.6 is 24.0 Å². The average Bonchev–Trinajstić information content (AvgIpc) is 2.81. The van der Waals surface area contributed by atoms with Crippen LogP contribution in [-0.2, 0) is 6.54 Å². The Hall–Kier alpha value is -0.790. The predicted molar refractivity (Wildman–Crippen MR) is 100 cm³/mol. The Labute approximate surface area is 146 Å². The third kappa shape index (κ3) is 8.95. The van der Waals surface area contributed by atoms with Crippen LogP contribution in [0.5, 0.6) is 0 Å². The number of imidazole rings is 1. The Morgan fingerprint density at radius 3 is 2.67 bits per heavy atom. The smallest absolute Gasteiger partial charge is 0.191 e. The molecule has 0 saturated heterocycles. The molecule has 0 amide bonds. The lowest BCUT2D eigenvalue weighted by molar-refractivity contribution is 0.587. The number of nitrogens with zero attached hydrogens (tertiary/aromatic N) is 3. The molecule has 0 bridgehead atoms. The Morgan fingerprint density at radius 2 is 2.10 bits per heavy atom. The molecule has 2 N–H and O–H groups in total. The van der Waals surface area contributed by atoms with Crippen LogP contribution in [0.1, 0.15) is 39.4 Å². The van der Waals surface area contributed by atoms with Gasteiger partial charge in [-0.05, 0) is 32.6 Å². The first-order chi connectivity index (χ1) is 9.63. The van der Waals surface area contributed by atoms with Gasteiger partial charge in [0.1, 0.15) is 5.82 Å². The van der Waals surface area contributed by atoms with Gasteiger partial charge in [0, 0.05) is 38.6 Å². The molecule has 1 rings (SSSR count). The summed E-state index contributed by atoms with van der Waals surface area (Å²) in [7, 11) is 0. The van der Waals surface area contributed by atoms with Gasteiger partial charge in [0.05, 0.1) is 0 Å². The molecule has 0 atom stereocenters. The van der Waals surface area contributed by atoms with Gasteiger partial charge in [-0.3, -0.25) is 4.99 Å². The maximum Gasteiger partial charge on any atom is 0.191 e. The Morgan fingerprint density at radius 1 is 1.33 bits per heavy atom. The van der Waals surface area contributed by atoms with Crippen molar-refractivity contribution in [1.82, 2.24) is 20.2 Å². The van der Waals surface area contributed by atoms with E-state index in [1.165, 1.54) is 0 Å². The lowest BCUT2D eigenvalue weighted by Gasteiger charge is -2.12. The van der Waals surface area contributed by atoms with E-state index in [1.54, 1.807) is 0 Å². The molecule has 1 heterocycles. The summed E-state index contributed by atoms with van der Waals surface area (Å²) in [5.74, 6) is 2.61. The number of hydrogen-bond acceptors (Lipinski definition) is 2. The number of nitrogens with one attached hydrogen (secondary N) is 2. The van der Waals surface area contributed by atoms with Gasteiger partial charge in [0.2, 0.25) is 0 Å². The maximum atomic E-state index is 4.55. The van der Waals surface area contributed by atoms with Gasteiger partial charge in [0.25, 0.3) is 0 Å². The Kier molecular flexibility index (Phi) is 11.4. The lowest BCUT2D eigenvalue weighted by atomic mass is 10.2. The summed E-state index contributed by atoms with van der Waals surface area (Å²) < 4.78 is 2.19. The summed E-state index contributed by atoms with van der Waals surface area (Å²) in [6.07, 6.45) is 6.17. The summed E-state index contributed by atoms with van der Waals surface area (Å²) >= 11 is 0. The van der Waals surface area contributed by atoms with E-state index in [2.05, 4.69) is 45.9 Å². The minimum atomic E-state index is 0. The van der Waals surface area contributed by atoms with Crippen molar-refractivity contribution in [2.75, 3.05) is 19.6 Å². The first-order valence-electron chi connectivity index (χ1n) is 7.63. The van der Waals surface area contributed by atoms with E-state index in [9.17, 15) is 0 Å². The fraction of sp³-hybridized carbons (Fsp3) is 0.733. The molecular formula is C15H30IN5. The normalized spacial score (nSPS) is 11.4. The second-order valence-corrected chi connectivity index (χ2v) is 5.42. The zero-order chi connectivity index (χ0) is 14.8. The molecule has 5 nitrogen and oxygen atoms in total. The van der Waals surface area contributed by atoms with Crippen LogP contribution in [0.3, 0.4) is 0 Å². The number of guanidine groups is 1. The van der Waals surface area contributed by atoms with Crippen LogP contribution in [0.2, 0.25) is 0 Å². The van der Waals surface area contributed by atoms with Crippen LogP contribution < -0.4 is 10.6 Å². The van der Waals surface area contributed by atoms with E-state index >= 15 is 0 Å². The van der Waals surface area contributed by atoms with Crippen LogP contribution in [0.25, 0.3) is 0 Å². The molecule has 0 spiro atoms. The highest BCUT2D eigenvalue weighted by atomic mass is 127. The molecule has 0 aromatic carbocycles. The van der Waals surface area contributed by atoms with E-state index in [4.69, 9.17) is 0 Å². The molecule has 122 valence electrons. The maximum absolute atomic E-state index is 4.55. The van der Waals surface area contributed by atoms with Crippen molar-refractivity contribution in [3.05, 3.63) is 18.2 Å². The van der Waals surface area contributed by atoms with Gasteiger partial charge in [-0.15, -0.1) is 24.0 Å². The molecule has 0 aliphatic rings. The van der Waals surface area contributed by atoms with E-state index in [1.807, 2.05) is 19.3 Å². The van der Waals surface area contributed by atoms with E-state index in [0.29, 0.717) is 5.92 Å². The minimum Gasteiger partial charge on any atom is -0.357 e. The topological polar surface area (TPSA) is 54.2 Å². The number of hydrogen-bond donors (Lipinski definition) is 2. The second-order valence-electron chi connectivity index (χ2n) is 5.42. The zero-order valence-electron chi connectivity index (χ0n) is 13.7.